The van der Waals surface area contributed by atoms with E-state index in [1.165, 1.54) is 0 Å². The van der Waals surface area contributed by atoms with E-state index in [-0.39, 0.29) is 13.2 Å². The number of nitrogens with one attached hydrogen (secondary N) is 1. The molecule has 0 fully saturated rings. The molecule has 5 nitrogen and oxygen atoms in total. The van der Waals surface area contributed by atoms with Crippen molar-refractivity contribution in [1.29, 1.82) is 0 Å². The molecule has 84 valence electrons. The minimum absolute atomic E-state index is 0.274. The number of rotatable bonds is 7. The van der Waals surface area contributed by atoms with Gasteiger partial charge >= 0.3 is 5.97 Å². The molecule has 0 saturated carbocycles. The molecule has 0 aromatic carbocycles. The lowest BCUT2D eigenvalue weighted by atomic mass is 9.96. The number of carboxylic acid groups (broad SMARTS) is 1. The van der Waals surface area contributed by atoms with Gasteiger partial charge in [-0.1, -0.05) is 13.8 Å². The fourth-order valence-corrected chi connectivity index (χ4v) is 1.17. The van der Waals surface area contributed by atoms with Crippen LogP contribution in [0.15, 0.2) is 0 Å². The SMILES string of the molecule is CCC(NC(CC)(CO)CO)C(=O)O. The van der Waals surface area contributed by atoms with Gasteiger partial charge in [0.2, 0.25) is 0 Å². The monoisotopic (exact) mass is 205 g/mol. The lowest BCUT2D eigenvalue weighted by Gasteiger charge is -2.32. The maximum absolute atomic E-state index is 10.7. The Morgan fingerprint density at radius 1 is 1.36 bits per heavy atom. The van der Waals surface area contributed by atoms with Crippen molar-refractivity contribution in [3.8, 4) is 0 Å². The van der Waals surface area contributed by atoms with Crippen molar-refractivity contribution >= 4 is 5.97 Å². The van der Waals surface area contributed by atoms with Crippen molar-refractivity contribution in [2.45, 2.75) is 38.3 Å². The van der Waals surface area contributed by atoms with Crippen LogP contribution in [-0.4, -0.2) is 46.1 Å². The number of carboxylic acids is 1. The van der Waals surface area contributed by atoms with Crippen LogP contribution in [0.4, 0.5) is 0 Å². The third kappa shape index (κ3) is 3.25. The van der Waals surface area contributed by atoms with E-state index in [1.807, 2.05) is 0 Å². The van der Waals surface area contributed by atoms with Gasteiger partial charge in [0, 0.05) is 0 Å². The molecule has 0 bridgehead atoms. The molecule has 0 saturated heterocycles. The van der Waals surface area contributed by atoms with E-state index in [9.17, 15) is 4.79 Å². The predicted octanol–water partition coefficient (Wildman–Crippen LogP) is -0.427. The summed E-state index contributed by atoms with van der Waals surface area (Å²) in [6, 6.07) is -0.728. The lowest BCUT2D eigenvalue weighted by molar-refractivity contribution is -0.140. The Kier molecular flexibility index (Phi) is 5.68. The molecule has 0 heterocycles. The van der Waals surface area contributed by atoms with Crippen LogP contribution >= 0.6 is 0 Å². The van der Waals surface area contributed by atoms with Gasteiger partial charge in [0.15, 0.2) is 0 Å². The van der Waals surface area contributed by atoms with Gasteiger partial charge in [-0.25, -0.2) is 0 Å². The van der Waals surface area contributed by atoms with E-state index in [1.54, 1.807) is 13.8 Å². The van der Waals surface area contributed by atoms with Crippen molar-refractivity contribution in [3.63, 3.8) is 0 Å². The van der Waals surface area contributed by atoms with Gasteiger partial charge < -0.3 is 15.3 Å². The molecule has 0 aliphatic carbocycles. The first-order valence-electron chi connectivity index (χ1n) is 4.77. The summed E-state index contributed by atoms with van der Waals surface area (Å²) in [5, 5.41) is 29.7. The summed E-state index contributed by atoms with van der Waals surface area (Å²) in [6.07, 6.45) is 0.890. The summed E-state index contributed by atoms with van der Waals surface area (Å²) in [4.78, 5) is 10.7. The third-order valence-electron chi connectivity index (χ3n) is 2.47. The number of carbonyl (C=O) groups is 1. The minimum atomic E-state index is -0.966. The molecule has 0 aliphatic heterocycles. The number of aliphatic hydroxyl groups excluding tert-OH is 2. The number of aliphatic hydroxyl groups is 2. The zero-order valence-corrected chi connectivity index (χ0v) is 8.66. The molecule has 0 aromatic rings. The molecule has 0 radical (unpaired) electrons. The maximum atomic E-state index is 10.7. The fourth-order valence-electron chi connectivity index (χ4n) is 1.17. The summed E-state index contributed by atoms with van der Waals surface area (Å²) >= 11 is 0. The molecule has 0 spiro atoms. The summed E-state index contributed by atoms with van der Waals surface area (Å²) in [5.74, 6) is -0.966. The van der Waals surface area contributed by atoms with Crippen molar-refractivity contribution in [3.05, 3.63) is 0 Å². The fraction of sp³-hybridized carbons (Fsp3) is 0.889. The Hall–Kier alpha value is -0.650. The van der Waals surface area contributed by atoms with Gasteiger partial charge in [-0.3, -0.25) is 10.1 Å². The molecule has 1 unspecified atom stereocenters. The van der Waals surface area contributed by atoms with E-state index in [2.05, 4.69) is 5.32 Å². The first kappa shape index (κ1) is 13.4. The number of aliphatic carboxylic acids is 1. The molecule has 0 amide bonds. The highest BCUT2D eigenvalue weighted by molar-refractivity contribution is 5.73. The van der Waals surface area contributed by atoms with Crippen LogP contribution in [0.25, 0.3) is 0 Å². The van der Waals surface area contributed by atoms with Crippen LogP contribution in [0.2, 0.25) is 0 Å². The molecular weight excluding hydrogens is 186 g/mol. The van der Waals surface area contributed by atoms with Gasteiger partial charge in [0.1, 0.15) is 6.04 Å². The van der Waals surface area contributed by atoms with Gasteiger partial charge in [-0.05, 0) is 12.8 Å². The standard InChI is InChI=1S/C9H19NO4/c1-3-7(8(13)14)10-9(4-2,5-11)6-12/h7,10-12H,3-6H2,1-2H3,(H,13,14). The third-order valence-corrected chi connectivity index (χ3v) is 2.47. The quantitative estimate of drug-likeness (QED) is 0.453. The van der Waals surface area contributed by atoms with Gasteiger partial charge in [-0.15, -0.1) is 0 Å². The molecule has 4 N–H and O–H groups in total. The average molecular weight is 205 g/mol. The summed E-state index contributed by atoms with van der Waals surface area (Å²) in [7, 11) is 0. The molecule has 14 heavy (non-hydrogen) atoms. The number of hydrogen-bond donors (Lipinski definition) is 4. The van der Waals surface area contributed by atoms with Crippen LogP contribution in [0.5, 0.6) is 0 Å². The molecule has 1 atom stereocenters. The van der Waals surface area contributed by atoms with E-state index < -0.39 is 17.6 Å². The second-order valence-electron chi connectivity index (χ2n) is 3.39. The zero-order valence-electron chi connectivity index (χ0n) is 8.66. The minimum Gasteiger partial charge on any atom is -0.480 e. The number of hydrogen-bond acceptors (Lipinski definition) is 4. The Morgan fingerprint density at radius 3 is 2.07 bits per heavy atom. The highest BCUT2D eigenvalue weighted by atomic mass is 16.4. The molecule has 0 rings (SSSR count). The first-order valence-corrected chi connectivity index (χ1v) is 4.77. The average Bonchev–Trinajstić information content (AvgIpc) is 2.20. The lowest BCUT2D eigenvalue weighted by Crippen LogP contribution is -2.57. The van der Waals surface area contributed by atoms with Crippen molar-refractivity contribution in [1.82, 2.24) is 5.32 Å². The largest absolute Gasteiger partial charge is 0.480 e. The molecule has 5 heteroatoms. The van der Waals surface area contributed by atoms with E-state index in [0.717, 1.165) is 0 Å². The van der Waals surface area contributed by atoms with E-state index in [0.29, 0.717) is 12.8 Å². The Balaban J connectivity index is 4.47. The second-order valence-corrected chi connectivity index (χ2v) is 3.39. The predicted molar refractivity (Wildman–Crippen MR) is 52.0 cm³/mol. The smallest absolute Gasteiger partial charge is 0.320 e. The maximum Gasteiger partial charge on any atom is 0.320 e. The second kappa shape index (κ2) is 5.95. The highest BCUT2D eigenvalue weighted by Gasteiger charge is 2.31. The van der Waals surface area contributed by atoms with Crippen LogP contribution < -0.4 is 5.32 Å². The Bertz CT molecular complexity index is 171. The Morgan fingerprint density at radius 2 is 1.86 bits per heavy atom. The van der Waals surface area contributed by atoms with Gasteiger partial charge in [0.05, 0.1) is 18.8 Å². The Labute approximate surface area is 83.8 Å². The topological polar surface area (TPSA) is 89.8 Å². The van der Waals surface area contributed by atoms with Crippen LogP contribution in [0.3, 0.4) is 0 Å². The zero-order chi connectivity index (χ0) is 11.2. The van der Waals surface area contributed by atoms with Crippen molar-refractivity contribution < 1.29 is 20.1 Å². The van der Waals surface area contributed by atoms with E-state index >= 15 is 0 Å². The van der Waals surface area contributed by atoms with Crippen molar-refractivity contribution in [2.24, 2.45) is 0 Å². The van der Waals surface area contributed by atoms with Crippen molar-refractivity contribution in [2.75, 3.05) is 13.2 Å². The van der Waals surface area contributed by atoms with E-state index in [4.69, 9.17) is 15.3 Å². The normalized spacial score (nSPS) is 14.0. The first-order chi connectivity index (χ1) is 6.55. The summed E-state index contributed by atoms with van der Waals surface area (Å²) in [6.45, 7) is 2.97. The van der Waals surface area contributed by atoms with Crippen LogP contribution in [0, 0.1) is 0 Å². The molecular formula is C9H19NO4. The molecule has 0 aliphatic rings. The van der Waals surface area contributed by atoms with Crippen LogP contribution in [0.1, 0.15) is 26.7 Å². The van der Waals surface area contributed by atoms with Gasteiger partial charge in [0.25, 0.3) is 0 Å². The summed E-state index contributed by atoms with van der Waals surface area (Å²) in [5.41, 5.74) is -0.890. The van der Waals surface area contributed by atoms with Gasteiger partial charge in [-0.2, -0.15) is 0 Å². The molecule has 0 aromatic heterocycles. The summed E-state index contributed by atoms with van der Waals surface area (Å²) < 4.78 is 0. The highest BCUT2D eigenvalue weighted by Crippen LogP contribution is 2.10. The van der Waals surface area contributed by atoms with Crippen LogP contribution in [-0.2, 0) is 4.79 Å².